The maximum atomic E-state index is 2.82. The molecule has 0 spiro atoms. The van der Waals surface area contributed by atoms with E-state index in [1.165, 1.54) is 11.1 Å². The molecule has 2 heteroatoms. The average Bonchev–Trinajstić information content (AvgIpc) is 3.10. The Morgan fingerprint density at radius 2 is 1.08 bits per heavy atom. The molecule has 26 heavy (non-hydrogen) atoms. The third-order valence-electron chi connectivity index (χ3n) is 7.93. The molecule has 0 nitrogen and oxygen atoms in total. The van der Waals surface area contributed by atoms with Crippen LogP contribution in [0.4, 0.5) is 0 Å². The van der Waals surface area contributed by atoms with E-state index < -0.39 is 23.7 Å². The molecule has 2 aliphatic rings. The summed E-state index contributed by atoms with van der Waals surface area (Å²) in [5.74, 6) is -0.879. The van der Waals surface area contributed by atoms with E-state index in [-0.39, 0.29) is 0 Å². The second kappa shape index (κ2) is 6.00. The van der Waals surface area contributed by atoms with Crippen molar-refractivity contribution in [3.8, 4) is 0 Å². The molecule has 4 rings (SSSR count). The van der Waals surface area contributed by atoms with Gasteiger partial charge in [0.25, 0.3) is 0 Å². The summed E-state index contributed by atoms with van der Waals surface area (Å²) in [5.41, 5.74) is 9.47. The molecule has 0 amide bonds. The Hall–Kier alpha value is -0.993. The molecular weight excluding hydrogens is 495 g/mol. The summed E-state index contributed by atoms with van der Waals surface area (Å²) in [6.45, 7) is 10.1. The minimum atomic E-state index is -3.39. The van der Waals surface area contributed by atoms with Crippen LogP contribution in [0.1, 0.15) is 43.5 Å². The zero-order chi connectivity index (χ0) is 18.7. The second-order valence-corrected chi connectivity index (χ2v) is 63.2. The predicted molar refractivity (Wildman–Crippen MR) is 116 cm³/mol. The first-order valence-corrected chi connectivity index (χ1v) is 30.4. The summed E-state index contributed by atoms with van der Waals surface area (Å²) in [6, 6.07) is 18.4. The molecule has 2 atom stereocenters. The van der Waals surface area contributed by atoms with Crippen LogP contribution in [-0.4, -0.2) is 5.98 Å². The molecule has 0 aliphatic heterocycles. The third kappa shape index (κ3) is 2.34. The number of hydrogen-bond acceptors (Lipinski definition) is 0. The van der Waals surface area contributed by atoms with Gasteiger partial charge in [0.2, 0.25) is 0 Å². The van der Waals surface area contributed by atoms with Crippen molar-refractivity contribution in [2.45, 2.75) is 43.7 Å². The van der Waals surface area contributed by atoms with Gasteiger partial charge in [-0.05, 0) is 0 Å². The van der Waals surface area contributed by atoms with Crippen LogP contribution in [0.15, 0.2) is 59.7 Å². The molecule has 0 radical (unpaired) electrons. The molecule has 0 N–H and O–H groups in total. The standard InChI is InChI=1S/2C10H9.C2H7Si.2CH3.Hf/c2*1-8-6-9-4-2-3-5-10(9)7-8;1-3-2;;;/h2*2-7H,1H3;3H,1-2H3;2*1H3;. The van der Waals surface area contributed by atoms with Crippen molar-refractivity contribution in [2.24, 2.45) is 0 Å². The summed E-state index contributed by atoms with van der Waals surface area (Å²) in [5, 5.41) is 0. The third-order valence-corrected chi connectivity index (χ3v) is 74.9. The van der Waals surface area contributed by atoms with E-state index in [4.69, 9.17) is 0 Å². The van der Waals surface area contributed by atoms with E-state index in [0.717, 1.165) is 0 Å². The van der Waals surface area contributed by atoms with Crippen molar-refractivity contribution in [1.29, 1.82) is 0 Å². The molecule has 2 unspecified atom stereocenters. The van der Waals surface area contributed by atoms with Gasteiger partial charge in [0.1, 0.15) is 0 Å². The van der Waals surface area contributed by atoms with Crippen molar-refractivity contribution in [3.05, 3.63) is 81.9 Å². The molecule has 2 aliphatic carbocycles. The summed E-state index contributed by atoms with van der Waals surface area (Å²) >= 11 is -3.39. The second-order valence-electron chi connectivity index (χ2n) is 9.79. The molecular formula is C24H31HfSi. The molecule has 0 heterocycles. The fraction of sp³-hybridized carbons (Fsp3) is 0.333. The first-order chi connectivity index (χ1) is 12.2. The van der Waals surface area contributed by atoms with Gasteiger partial charge in [-0.2, -0.15) is 0 Å². The predicted octanol–water partition coefficient (Wildman–Crippen LogP) is 7.07. The first kappa shape index (κ1) is 18.4. The Balaban J connectivity index is 1.99. The molecule has 0 fully saturated rings. The molecule has 0 bridgehead atoms. The molecule has 2 aromatic rings. The number of fused-ring (bicyclic) bond motifs is 2. The van der Waals surface area contributed by atoms with Crippen molar-refractivity contribution < 1.29 is 17.7 Å². The van der Waals surface area contributed by atoms with E-state index in [1.54, 1.807) is 22.3 Å². The van der Waals surface area contributed by atoms with Gasteiger partial charge in [-0.15, -0.1) is 0 Å². The van der Waals surface area contributed by atoms with Crippen LogP contribution in [0.25, 0.3) is 12.2 Å². The molecule has 0 saturated heterocycles. The average molecular weight is 526 g/mol. The summed E-state index contributed by atoms with van der Waals surface area (Å²) in [7, 11) is 0. The Morgan fingerprint density at radius 1 is 0.692 bits per heavy atom. The monoisotopic (exact) mass is 527 g/mol. The molecule has 2 aromatic carbocycles. The van der Waals surface area contributed by atoms with Crippen LogP contribution >= 0.6 is 0 Å². The van der Waals surface area contributed by atoms with Crippen molar-refractivity contribution >= 4 is 18.1 Å². The Labute approximate surface area is 160 Å². The fourth-order valence-electron chi connectivity index (χ4n) is 6.21. The van der Waals surface area contributed by atoms with E-state index in [0.29, 0.717) is 7.35 Å². The number of allylic oxidation sites excluding steroid dienone is 2. The van der Waals surface area contributed by atoms with Gasteiger partial charge in [-0.3, -0.25) is 0 Å². The van der Waals surface area contributed by atoms with Crippen LogP contribution in [0.5, 0.6) is 0 Å². The normalized spacial score (nSPS) is 23.1. The summed E-state index contributed by atoms with van der Waals surface area (Å²) < 4.78 is 7.05. The van der Waals surface area contributed by atoms with Gasteiger partial charge in [0.15, 0.2) is 0 Å². The summed E-state index contributed by atoms with van der Waals surface area (Å²) in [4.78, 5) is 0. The molecule has 135 valence electrons. The van der Waals surface area contributed by atoms with E-state index in [2.05, 4.69) is 97.0 Å². The van der Waals surface area contributed by atoms with Gasteiger partial charge in [0, 0.05) is 0 Å². The van der Waals surface area contributed by atoms with Crippen LogP contribution in [0, 0.1) is 0 Å². The van der Waals surface area contributed by atoms with Gasteiger partial charge in [-0.1, -0.05) is 0 Å². The Bertz CT molecular complexity index is 877. The minimum absolute atomic E-state index is 0.703. The molecule has 0 aromatic heterocycles. The van der Waals surface area contributed by atoms with Crippen LogP contribution in [0.2, 0.25) is 22.5 Å². The number of rotatable bonds is 3. The van der Waals surface area contributed by atoms with Crippen molar-refractivity contribution in [1.82, 2.24) is 0 Å². The topological polar surface area (TPSA) is 0 Å². The Kier molecular flexibility index (Phi) is 4.24. The maximum absolute atomic E-state index is 3.39. The Morgan fingerprint density at radius 3 is 1.46 bits per heavy atom. The summed E-state index contributed by atoms with van der Waals surface area (Å²) in [6.07, 6.45) is 4.97. The van der Waals surface area contributed by atoms with Gasteiger partial charge < -0.3 is 0 Å². The molecule has 0 saturated carbocycles. The van der Waals surface area contributed by atoms with Crippen molar-refractivity contribution in [3.63, 3.8) is 0 Å². The fourth-order valence-corrected chi connectivity index (χ4v) is 50.2. The van der Waals surface area contributed by atoms with Crippen LogP contribution < -0.4 is 0 Å². The van der Waals surface area contributed by atoms with Gasteiger partial charge in [0.05, 0.1) is 0 Å². The van der Waals surface area contributed by atoms with Crippen molar-refractivity contribution in [2.75, 3.05) is 0 Å². The van der Waals surface area contributed by atoms with E-state index >= 15 is 0 Å². The van der Waals surface area contributed by atoms with E-state index in [1.807, 2.05) is 0 Å². The van der Waals surface area contributed by atoms with Crippen LogP contribution in [0.3, 0.4) is 0 Å². The first-order valence-electron chi connectivity index (χ1n) is 9.98. The SMILES string of the molecule is CC1=Cc2ccccc2[CH]1[Hf]([CH3])([CH3])([CH]1C(C)=Cc2ccccc21)[SiH](C)C. The number of hydrogen-bond donors (Lipinski definition) is 0. The zero-order valence-electron chi connectivity index (χ0n) is 17.0. The van der Waals surface area contributed by atoms with Gasteiger partial charge in [-0.25, -0.2) is 0 Å². The quantitative estimate of drug-likeness (QED) is 0.376. The van der Waals surface area contributed by atoms with Gasteiger partial charge >= 0.3 is 161 Å². The number of benzene rings is 2. The van der Waals surface area contributed by atoms with Crippen LogP contribution in [-0.2, 0) is 17.7 Å². The van der Waals surface area contributed by atoms with E-state index in [9.17, 15) is 0 Å². The zero-order valence-corrected chi connectivity index (χ0v) is 21.8.